The molecule has 8 nitrogen and oxygen atoms in total. The van der Waals surface area contributed by atoms with Gasteiger partial charge in [-0.1, -0.05) is 6.07 Å². The number of H-pyrrole nitrogens is 1. The molecule has 9 heteroatoms. The molecule has 1 amide bonds. The first-order chi connectivity index (χ1) is 16.0. The van der Waals surface area contributed by atoms with Crippen molar-refractivity contribution in [3.8, 4) is 22.6 Å². The first kappa shape index (κ1) is 22.8. The number of rotatable bonds is 8. The molecule has 3 N–H and O–H groups in total. The number of anilines is 1. The normalized spacial score (nSPS) is 15.2. The van der Waals surface area contributed by atoms with Crippen LogP contribution in [-0.2, 0) is 11.2 Å². The lowest BCUT2D eigenvalue weighted by Gasteiger charge is -2.27. The van der Waals surface area contributed by atoms with Gasteiger partial charge >= 0.3 is 0 Å². The van der Waals surface area contributed by atoms with E-state index in [1.54, 1.807) is 19.4 Å². The number of ether oxygens (including phenoxy) is 2. The Morgan fingerprint density at radius 1 is 1.30 bits per heavy atom. The van der Waals surface area contributed by atoms with Crippen LogP contribution in [0.3, 0.4) is 0 Å². The standard InChI is InChI=1S/C24H28FN5O3/c1-30(2)8-9-33-22-11-19(16-13-27-28-14-16)20(25)12-21(22)29-24(31)23-18-5-4-17(32-3)10-15(18)6-7-26-23/h4-5,10-14,23,26H,6-9H2,1-3H3,(H,27,28)(H,29,31). The predicted octanol–water partition coefficient (Wildman–Crippen LogP) is 2.99. The molecule has 2 heterocycles. The van der Waals surface area contributed by atoms with E-state index >= 15 is 0 Å². The summed E-state index contributed by atoms with van der Waals surface area (Å²) in [6, 6.07) is 8.00. The first-order valence-corrected chi connectivity index (χ1v) is 10.8. The molecule has 1 aliphatic heterocycles. The van der Waals surface area contributed by atoms with Crippen molar-refractivity contribution in [3.63, 3.8) is 0 Å². The van der Waals surface area contributed by atoms with Crippen molar-refractivity contribution in [2.75, 3.05) is 46.2 Å². The summed E-state index contributed by atoms with van der Waals surface area (Å²) in [5, 5.41) is 12.7. The number of carbonyl (C=O) groups excluding carboxylic acids is 1. The maximum absolute atomic E-state index is 15.0. The molecular formula is C24H28FN5O3. The van der Waals surface area contributed by atoms with Gasteiger partial charge in [0.1, 0.15) is 30.0 Å². The Labute approximate surface area is 192 Å². The van der Waals surface area contributed by atoms with E-state index in [0.29, 0.717) is 36.6 Å². The van der Waals surface area contributed by atoms with E-state index in [1.165, 1.54) is 12.3 Å². The second-order valence-electron chi connectivity index (χ2n) is 8.16. The van der Waals surface area contributed by atoms with Crippen molar-refractivity contribution in [1.29, 1.82) is 0 Å². The molecule has 2 aromatic carbocycles. The highest BCUT2D eigenvalue weighted by molar-refractivity contribution is 5.97. The largest absolute Gasteiger partial charge is 0.497 e. The number of halogens is 1. The van der Waals surface area contributed by atoms with E-state index in [4.69, 9.17) is 9.47 Å². The summed E-state index contributed by atoms with van der Waals surface area (Å²) < 4.78 is 26.2. The highest BCUT2D eigenvalue weighted by atomic mass is 19.1. The van der Waals surface area contributed by atoms with E-state index in [-0.39, 0.29) is 11.6 Å². The maximum Gasteiger partial charge on any atom is 0.246 e. The topological polar surface area (TPSA) is 91.5 Å². The van der Waals surface area contributed by atoms with Crippen LogP contribution in [0.25, 0.3) is 11.1 Å². The highest BCUT2D eigenvalue weighted by Crippen LogP contribution is 2.35. The van der Waals surface area contributed by atoms with Gasteiger partial charge in [-0.15, -0.1) is 0 Å². The molecule has 1 aliphatic rings. The zero-order valence-corrected chi connectivity index (χ0v) is 18.9. The number of carbonyl (C=O) groups is 1. The Morgan fingerprint density at radius 2 is 2.15 bits per heavy atom. The Hall–Kier alpha value is -3.43. The lowest BCUT2D eigenvalue weighted by molar-refractivity contribution is -0.118. The Morgan fingerprint density at radius 3 is 2.88 bits per heavy atom. The Balaban J connectivity index is 1.61. The van der Waals surface area contributed by atoms with Crippen molar-refractivity contribution in [3.05, 3.63) is 59.7 Å². The van der Waals surface area contributed by atoms with Gasteiger partial charge in [0.05, 0.1) is 19.0 Å². The summed E-state index contributed by atoms with van der Waals surface area (Å²) in [6.45, 7) is 1.71. The third-order valence-corrected chi connectivity index (χ3v) is 5.60. The monoisotopic (exact) mass is 453 g/mol. The number of nitrogens with one attached hydrogen (secondary N) is 3. The second kappa shape index (κ2) is 10.0. The molecule has 4 rings (SSSR count). The van der Waals surface area contributed by atoms with Crippen LogP contribution in [0.2, 0.25) is 0 Å². The Bertz CT molecular complexity index is 1120. The van der Waals surface area contributed by atoms with E-state index in [9.17, 15) is 9.18 Å². The highest BCUT2D eigenvalue weighted by Gasteiger charge is 2.27. The first-order valence-electron chi connectivity index (χ1n) is 10.8. The maximum atomic E-state index is 15.0. The number of likely N-dealkylation sites (N-methyl/N-ethyl adjacent to an activating group) is 1. The van der Waals surface area contributed by atoms with Gasteiger partial charge in [0.25, 0.3) is 0 Å². The molecule has 0 aliphatic carbocycles. The minimum absolute atomic E-state index is 0.283. The molecule has 1 atom stereocenters. The van der Waals surface area contributed by atoms with Crippen molar-refractivity contribution in [2.24, 2.45) is 0 Å². The summed E-state index contributed by atoms with van der Waals surface area (Å²) in [6.07, 6.45) is 3.94. The second-order valence-corrected chi connectivity index (χ2v) is 8.16. The zero-order valence-electron chi connectivity index (χ0n) is 18.9. The third-order valence-electron chi connectivity index (χ3n) is 5.60. The van der Waals surface area contributed by atoms with Gasteiger partial charge in [-0.25, -0.2) is 4.39 Å². The van der Waals surface area contributed by atoms with E-state index in [1.807, 2.05) is 37.2 Å². The predicted molar refractivity (Wildman–Crippen MR) is 124 cm³/mol. The molecule has 0 radical (unpaired) electrons. The van der Waals surface area contributed by atoms with Crippen molar-refractivity contribution in [1.82, 2.24) is 20.4 Å². The summed E-state index contributed by atoms with van der Waals surface area (Å²) in [5.41, 5.74) is 3.16. The average molecular weight is 454 g/mol. The SMILES string of the molecule is COc1ccc2c(c1)CCNC2C(=O)Nc1cc(F)c(-c2cn[nH]c2)cc1OCCN(C)C. The van der Waals surface area contributed by atoms with Gasteiger partial charge in [-0.3, -0.25) is 9.89 Å². The minimum atomic E-state index is -0.564. The van der Waals surface area contributed by atoms with Crippen LogP contribution >= 0.6 is 0 Å². The number of benzene rings is 2. The Kier molecular flexibility index (Phi) is 6.90. The van der Waals surface area contributed by atoms with E-state index < -0.39 is 11.9 Å². The van der Waals surface area contributed by atoms with Crippen LogP contribution in [0.15, 0.2) is 42.7 Å². The van der Waals surface area contributed by atoms with Crippen LogP contribution in [0.1, 0.15) is 17.2 Å². The lowest BCUT2D eigenvalue weighted by Crippen LogP contribution is -2.38. The molecule has 1 aromatic heterocycles. The quantitative estimate of drug-likeness (QED) is 0.486. The molecule has 3 aromatic rings. The number of hydrogen-bond acceptors (Lipinski definition) is 6. The average Bonchev–Trinajstić information content (AvgIpc) is 3.34. The van der Waals surface area contributed by atoms with Crippen LogP contribution < -0.4 is 20.1 Å². The molecule has 0 bridgehead atoms. The summed E-state index contributed by atoms with van der Waals surface area (Å²) >= 11 is 0. The molecule has 0 spiro atoms. The van der Waals surface area contributed by atoms with Gasteiger partial charge < -0.3 is 25.0 Å². The molecule has 174 valence electrons. The van der Waals surface area contributed by atoms with Crippen LogP contribution in [0.4, 0.5) is 10.1 Å². The summed E-state index contributed by atoms with van der Waals surface area (Å²) in [4.78, 5) is 15.2. The fraction of sp³-hybridized carbons (Fsp3) is 0.333. The van der Waals surface area contributed by atoms with Gasteiger partial charge in [0.2, 0.25) is 5.91 Å². The molecular weight excluding hydrogens is 425 g/mol. The number of fused-ring (bicyclic) bond motifs is 1. The van der Waals surface area contributed by atoms with Crippen molar-refractivity contribution >= 4 is 11.6 Å². The number of hydrogen-bond donors (Lipinski definition) is 3. The van der Waals surface area contributed by atoms with E-state index in [2.05, 4.69) is 20.8 Å². The minimum Gasteiger partial charge on any atom is -0.497 e. The van der Waals surface area contributed by atoms with Gasteiger partial charge in [0.15, 0.2) is 0 Å². The zero-order chi connectivity index (χ0) is 23.4. The summed E-state index contributed by atoms with van der Waals surface area (Å²) in [5.74, 6) is 0.388. The lowest BCUT2D eigenvalue weighted by atomic mass is 9.93. The van der Waals surface area contributed by atoms with E-state index in [0.717, 1.165) is 23.3 Å². The van der Waals surface area contributed by atoms with Gasteiger partial charge in [0, 0.05) is 36.5 Å². The molecule has 0 saturated carbocycles. The van der Waals surface area contributed by atoms with Crippen LogP contribution in [-0.4, -0.2) is 61.9 Å². The number of methoxy groups -OCH3 is 1. The molecule has 0 saturated heterocycles. The number of aromatic nitrogens is 2. The van der Waals surface area contributed by atoms with Crippen LogP contribution in [0, 0.1) is 5.82 Å². The van der Waals surface area contributed by atoms with Gasteiger partial charge in [-0.2, -0.15) is 5.10 Å². The molecule has 1 unspecified atom stereocenters. The number of aromatic amines is 1. The van der Waals surface area contributed by atoms with Crippen molar-refractivity contribution < 1.29 is 18.7 Å². The molecule has 33 heavy (non-hydrogen) atoms. The van der Waals surface area contributed by atoms with Crippen molar-refractivity contribution in [2.45, 2.75) is 12.5 Å². The number of nitrogens with zero attached hydrogens (tertiary/aromatic N) is 2. The smallest absolute Gasteiger partial charge is 0.246 e. The summed E-state index contributed by atoms with van der Waals surface area (Å²) in [7, 11) is 5.50. The van der Waals surface area contributed by atoms with Gasteiger partial charge in [-0.05, 0) is 49.8 Å². The fourth-order valence-electron chi connectivity index (χ4n) is 3.84. The fourth-order valence-corrected chi connectivity index (χ4v) is 3.84. The number of amides is 1. The third kappa shape index (κ3) is 5.15. The molecule has 0 fully saturated rings. The van der Waals surface area contributed by atoms with Crippen LogP contribution in [0.5, 0.6) is 11.5 Å².